The third-order valence-electron chi connectivity index (χ3n) is 22.8. The van der Waals surface area contributed by atoms with Crippen LogP contribution in [-0.4, -0.2) is 244 Å². The molecule has 4 aliphatic heterocycles. The van der Waals surface area contributed by atoms with Gasteiger partial charge in [-0.1, -0.05) is 151 Å². The molecule has 0 saturated carbocycles. The van der Waals surface area contributed by atoms with Crippen molar-refractivity contribution in [2.45, 2.75) is 229 Å². The summed E-state index contributed by atoms with van der Waals surface area (Å²) in [6.07, 6.45) is 3.06. The van der Waals surface area contributed by atoms with Crippen LogP contribution in [0.1, 0.15) is 140 Å². The molecule has 0 spiro atoms. The maximum absolute atomic E-state index is 15.3. The second-order valence-corrected chi connectivity index (χ2v) is 33.5. The van der Waals surface area contributed by atoms with Gasteiger partial charge in [-0.15, -0.1) is 11.8 Å². The maximum Gasteiger partial charge on any atom is 0.305 e. The molecule has 0 bridgehead atoms. The summed E-state index contributed by atoms with van der Waals surface area (Å²) in [4.78, 5) is 230. The van der Waals surface area contributed by atoms with Crippen LogP contribution < -0.4 is 64.6 Å². The number of amides is 14. The Bertz CT molecular complexity index is 4630. The van der Waals surface area contributed by atoms with Gasteiger partial charge in [0.2, 0.25) is 82.7 Å². The van der Waals surface area contributed by atoms with Crippen molar-refractivity contribution in [3.8, 4) is 23.3 Å². The van der Waals surface area contributed by atoms with E-state index in [1.165, 1.54) is 75.8 Å². The van der Waals surface area contributed by atoms with E-state index in [0.717, 1.165) is 17.3 Å². The van der Waals surface area contributed by atoms with Crippen LogP contribution in [0, 0.1) is 29.6 Å². The van der Waals surface area contributed by atoms with Crippen LogP contribution in [0.3, 0.4) is 0 Å². The minimum Gasteiger partial charge on any atom is -0.508 e. The van der Waals surface area contributed by atoms with E-state index in [9.17, 15) is 58.5 Å². The first kappa shape index (κ1) is 95.4. The van der Waals surface area contributed by atoms with Crippen molar-refractivity contribution in [2.75, 3.05) is 31.1 Å². The number of phenols is 2. The summed E-state index contributed by atoms with van der Waals surface area (Å²) >= 11 is 1.02. The number of carboxylic acid groups (broad SMARTS) is 1. The largest absolute Gasteiger partial charge is 0.508 e. The molecule has 36 heteroatoms. The zero-order chi connectivity index (χ0) is 89.8. The van der Waals surface area contributed by atoms with Crippen LogP contribution in [0.2, 0.25) is 0 Å². The molecule has 0 radical (unpaired) electrons. The lowest BCUT2D eigenvalue weighted by Gasteiger charge is -2.34. The number of thioether (sulfide) groups is 1. The van der Waals surface area contributed by atoms with Crippen molar-refractivity contribution in [3.05, 3.63) is 150 Å². The number of nitrogens with zero attached hydrogens (tertiary/aromatic N) is 4. The van der Waals surface area contributed by atoms with E-state index in [1.54, 1.807) is 81.4 Å². The molecule has 35 nitrogen and oxygen atoms in total. The molecule has 4 aliphatic rings. The molecular weight excluding hydrogens is 1620 g/mol. The van der Waals surface area contributed by atoms with Gasteiger partial charge in [-0.3, -0.25) is 71.9 Å². The number of H-pyrrole nitrogens is 1. The number of hydrogen-bond acceptors (Lipinski definition) is 20. The number of rotatable bonds is 35. The van der Waals surface area contributed by atoms with Crippen molar-refractivity contribution in [1.29, 1.82) is 0 Å². The quantitative estimate of drug-likeness (QED) is 0.0249. The van der Waals surface area contributed by atoms with Crippen LogP contribution in [0.25, 0.3) is 0 Å². The van der Waals surface area contributed by atoms with Gasteiger partial charge in [0, 0.05) is 63.7 Å². The van der Waals surface area contributed by atoms with E-state index in [0.29, 0.717) is 60.9 Å². The highest BCUT2D eigenvalue weighted by Gasteiger charge is 2.47. The Morgan fingerprint density at radius 2 is 1.14 bits per heavy atom. The lowest BCUT2D eigenvalue weighted by Crippen LogP contribution is -2.62. The highest BCUT2D eigenvalue weighted by Crippen LogP contribution is 2.29. The molecule has 9 rings (SSSR count). The molecule has 16 atom stereocenters. The molecule has 4 aromatic carbocycles. The lowest BCUT2D eigenvalue weighted by atomic mass is 9.95. The number of nitrogens with one attached hydrogen (secondary N) is 11. The van der Waals surface area contributed by atoms with E-state index >= 15 is 28.8 Å². The third kappa shape index (κ3) is 27.3. The first-order valence-electron chi connectivity index (χ1n) is 42.2. The van der Waals surface area contributed by atoms with Gasteiger partial charge in [-0.25, -0.2) is 4.98 Å². The number of imidazole rings is 1. The highest BCUT2D eigenvalue weighted by molar-refractivity contribution is 7.99. The van der Waals surface area contributed by atoms with E-state index < -0.39 is 198 Å². The number of fused-ring (bicyclic) bond motifs is 1. The summed E-state index contributed by atoms with van der Waals surface area (Å²) in [5, 5.41) is 58.3. The van der Waals surface area contributed by atoms with Crippen molar-refractivity contribution in [2.24, 2.45) is 29.2 Å². The number of aromatic nitrogens is 2. The third-order valence-corrected chi connectivity index (χ3v) is 23.7. The normalized spacial score (nSPS) is 21.1. The second kappa shape index (κ2) is 46.2. The van der Waals surface area contributed by atoms with Crippen LogP contribution >= 0.6 is 11.8 Å². The van der Waals surface area contributed by atoms with Gasteiger partial charge in [-0.2, -0.15) is 0 Å². The van der Waals surface area contributed by atoms with Crippen molar-refractivity contribution < 1.29 is 87.2 Å². The molecule has 18 N–H and O–H groups in total. The Labute approximate surface area is 724 Å². The Hall–Kier alpha value is -12.4. The molecule has 3 fully saturated rings. The number of nitrogens with two attached hydrogens (primary N) is 2. The Kier molecular flexibility index (Phi) is 35.6. The first-order valence-corrected chi connectivity index (χ1v) is 43.3. The number of hydrogen-bond donors (Lipinski definition) is 16. The average molecular weight is 1730 g/mol. The number of aromatic hydroxyl groups is 2. The average Bonchev–Trinajstić information content (AvgIpc) is 1.64. The molecule has 5 aromatic rings. The van der Waals surface area contributed by atoms with Crippen LogP contribution in [0.5, 0.6) is 11.5 Å². The fourth-order valence-corrected chi connectivity index (χ4v) is 16.3. The number of aromatic amines is 1. The molecule has 0 aliphatic carbocycles. The number of carbonyl (C=O) groups excluding carboxylic acids is 14. The van der Waals surface area contributed by atoms with Crippen molar-refractivity contribution >= 4 is 100 Å². The molecule has 666 valence electrons. The zero-order valence-electron chi connectivity index (χ0n) is 70.5. The minimum absolute atomic E-state index is 0.0250. The molecule has 3 saturated heterocycles. The number of carboxylic acids is 1. The molecule has 124 heavy (non-hydrogen) atoms. The summed E-state index contributed by atoms with van der Waals surface area (Å²) in [7, 11) is 0. The van der Waals surface area contributed by atoms with Crippen LogP contribution in [0.15, 0.2) is 122 Å². The Morgan fingerprint density at radius 3 is 1.72 bits per heavy atom. The zero-order valence-corrected chi connectivity index (χ0v) is 71.3. The van der Waals surface area contributed by atoms with Crippen molar-refractivity contribution in [3.63, 3.8) is 0 Å². The summed E-state index contributed by atoms with van der Waals surface area (Å²) in [5.74, 6) is -9.46. The van der Waals surface area contributed by atoms with E-state index in [2.05, 4.69) is 75.0 Å². The first-order chi connectivity index (χ1) is 59.3. The van der Waals surface area contributed by atoms with Gasteiger partial charge in [0.1, 0.15) is 90.0 Å². The fraction of sp³-hybridized carbons (Fsp3) is 0.500. The van der Waals surface area contributed by atoms with Gasteiger partial charge in [0.25, 0.3) is 0 Å². The van der Waals surface area contributed by atoms with Gasteiger partial charge in [0.05, 0.1) is 30.2 Å². The molecular formula is C88H115N17O18S. The van der Waals surface area contributed by atoms with Gasteiger partial charge < -0.3 is 99.6 Å². The van der Waals surface area contributed by atoms with Gasteiger partial charge >= 0.3 is 5.97 Å². The number of likely N-dealkylation sites (tertiary alicyclic amines) is 2. The van der Waals surface area contributed by atoms with Gasteiger partial charge in [0.15, 0.2) is 0 Å². The summed E-state index contributed by atoms with van der Waals surface area (Å²) < 4.78 is 0. The second-order valence-electron chi connectivity index (χ2n) is 32.5. The molecule has 14 amide bonds. The predicted molar refractivity (Wildman–Crippen MR) is 457 cm³/mol. The Balaban J connectivity index is 0.999. The van der Waals surface area contributed by atoms with Crippen molar-refractivity contribution in [1.82, 2.24) is 77.8 Å². The minimum atomic E-state index is -2.07. The number of phenolic OH excluding ortho intramolecular Hbond substituents is 2. The van der Waals surface area contributed by atoms with Crippen LogP contribution in [0.4, 0.5) is 0 Å². The SMILES string of the molecule is CC[C@H](C)C1NC(=O)[C@@H]2CCCN2C(=O)[C@H](Cc2ccc(O)cc2)NC(=O)[C@@H](NC(=O)[C@H](CC(=O)O)NC(=O)[C@H](Cc2ccc(O)cc2)NC(=O)[C@H](Cc2ccccc2)NC(=O)[C@H](Cc2c[nH]cn2)NC(=O)[C@@H](N)Cc2ccccc2)CC#CCSC[C@@H](C(=O)N[C@@H](CC(C)C)C(=O)N[C@H](C(=O)N2CCC[C@H]2C(=O)N2CCC[C@H]2C(N)=O)[C@@H](C)CC)NC1=O. The highest BCUT2D eigenvalue weighted by atomic mass is 32.2. The smallest absolute Gasteiger partial charge is 0.305 e. The predicted octanol–water partition coefficient (Wildman–Crippen LogP) is 0.721. The van der Waals surface area contributed by atoms with E-state index in [-0.39, 0.29) is 99.9 Å². The van der Waals surface area contributed by atoms with E-state index in [1.807, 2.05) is 20.8 Å². The molecule has 1 aromatic heterocycles. The summed E-state index contributed by atoms with van der Waals surface area (Å²) in [6, 6.07) is 9.09. The fourth-order valence-electron chi connectivity index (χ4n) is 15.5. The molecule has 1 unspecified atom stereocenters. The number of benzene rings is 4. The lowest BCUT2D eigenvalue weighted by molar-refractivity contribution is -0.148. The standard InChI is InChI=1S/C88H115N17O18S/c1-7-51(5)73-85(120)100-68(83(118)95-62(40-50(3)4)82(117)102-74(52(6)8-2)88(123)105-38-19-27-71(105)87(122)103-36-17-25-69(103)75(90)110)48-124-39-16-15-24-61(77(112)99-67(44-56-30-34-59(107)35-31-56)86(121)104-37-18-26-70(104)84(119)101-73)93-81(116)66(46-72(108)109)98-79(114)64(43-55-28-32-58(106)33-29-55)96-78(113)63(42-54-22-13-10-14-23-54)97-80(115)65(45-57-47-91-49-92-57)94-76(111)60(89)41-53-20-11-9-12-21-53/h9-14,20-23,28-35,47,49-52,60-71,73-74,106-107H,7-8,17-19,24-27,36-46,48,89H2,1-6H3,(H2,90,110)(H,91,92)(H,93,116)(H,94,111)(H,95,118)(H,96,113)(H,97,115)(H,98,114)(H,99,112)(H,100,120)(H,101,119)(H,102,117)(H,108,109)/t51-,52-,60-,61-,62-,63-,64-,65-,66-,67-,68-,69-,70-,71-,73?,74-/m0/s1. The number of primary amides is 1. The summed E-state index contributed by atoms with van der Waals surface area (Å²) in [5.41, 5.74) is 14.4. The maximum atomic E-state index is 15.3. The topological polar surface area (TPSA) is 527 Å². The molecule has 5 heterocycles. The van der Waals surface area contributed by atoms with Crippen LogP contribution in [-0.2, 0) is 104 Å². The monoisotopic (exact) mass is 1730 g/mol. The summed E-state index contributed by atoms with van der Waals surface area (Å²) in [6.45, 7) is 11.2. The van der Waals surface area contributed by atoms with Gasteiger partial charge in [-0.05, 0) is 116 Å². The van der Waals surface area contributed by atoms with E-state index in [4.69, 9.17) is 11.5 Å². The number of carbonyl (C=O) groups is 15. The number of aliphatic carboxylic acids is 1. The Morgan fingerprint density at radius 1 is 0.581 bits per heavy atom.